The minimum Gasteiger partial charge on any atom is -0.312 e. The third-order valence-corrected chi connectivity index (χ3v) is 4.80. The molecule has 1 aliphatic carbocycles. The molecule has 1 aromatic heterocycles. The van der Waals surface area contributed by atoms with Crippen molar-refractivity contribution in [1.29, 1.82) is 0 Å². The fourth-order valence-electron chi connectivity index (χ4n) is 2.57. The van der Waals surface area contributed by atoms with Gasteiger partial charge in [-0.1, -0.05) is 29.8 Å². The molecule has 104 valence electrons. The van der Waals surface area contributed by atoms with E-state index < -0.39 is 0 Å². The number of nitrogens with zero attached hydrogens (tertiary/aromatic N) is 1. The third-order valence-electron chi connectivity index (χ3n) is 3.97. The average molecular weight is 326 g/mol. The Morgan fingerprint density at radius 3 is 2.63 bits per heavy atom. The molecule has 1 unspecified atom stereocenters. The van der Waals surface area contributed by atoms with E-state index in [4.69, 9.17) is 0 Å². The Hall–Kier alpha value is -0.900. The van der Waals surface area contributed by atoms with Crippen molar-refractivity contribution in [2.75, 3.05) is 5.33 Å². The number of hydrogen-bond donors (Lipinski definition) is 0. The fourth-order valence-corrected chi connectivity index (χ4v) is 3.52. The zero-order chi connectivity index (χ0) is 14.0. The van der Waals surface area contributed by atoms with Gasteiger partial charge in [-0.2, -0.15) is 0 Å². The van der Waals surface area contributed by atoms with Crippen LogP contribution in [0.3, 0.4) is 0 Å². The number of halogens is 1. The van der Waals surface area contributed by atoms with Gasteiger partial charge in [-0.25, -0.2) is 0 Å². The van der Waals surface area contributed by atoms with Crippen LogP contribution in [-0.2, 0) is 13.0 Å². The average Bonchev–Trinajstić information content (AvgIpc) is 2.37. The van der Waals surface area contributed by atoms with Gasteiger partial charge in [-0.15, -0.1) is 0 Å². The number of rotatable bonds is 4. The van der Waals surface area contributed by atoms with Crippen LogP contribution in [0, 0.1) is 11.8 Å². The highest BCUT2D eigenvalue weighted by Gasteiger charge is 2.22. The Morgan fingerprint density at radius 2 is 2.00 bits per heavy atom. The van der Waals surface area contributed by atoms with Crippen LogP contribution in [0.15, 0.2) is 16.9 Å². The molecule has 1 aromatic rings. The normalized spacial score (nSPS) is 16.5. The Kier molecular flexibility index (Phi) is 4.61. The van der Waals surface area contributed by atoms with E-state index in [1.165, 1.54) is 6.07 Å². The van der Waals surface area contributed by atoms with E-state index in [9.17, 15) is 9.59 Å². The predicted octanol–water partition coefficient (Wildman–Crippen LogP) is 3.03. The van der Waals surface area contributed by atoms with Gasteiger partial charge in [0.05, 0.1) is 0 Å². The summed E-state index contributed by atoms with van der Waals surface area (Å²) in [5.74, 6) is 1.08. The molecule has 1 aliphatic rings. The molecule has 2 rings (SSSR count). The Labute approximate surface area is 122 Å². The van der Waals surface area contributed by atoms with Gasteiger partial charge in [0.25, 0.3) is 5.56 Å². The summed E-state index contributed by atoms with van der Waals surface area (Å²) in [6.07, 6.45) is 2.30. The van der Waals surface area contributed by atoms with Gasteiger partial charge in [-0.3, -0.25) is 9.59 Å². The first-order chi connectivity index (χ1) is 9.04. The van der Waals surface area contributed by atoms with E-state index >= 15 is 0 Å². The topological polar surface area (TPSA) is 39.1 Å². The van der Waals surface area contributed by atoms with Crippen LogP contribution in [0.5, 0.6) is 0 Å². The van der Waals surface area contributed by atoms with Crippen LogP contribution in [0.1, 0.15) is 42.7 Å². The summed E-state index contributed by atoms with van der Waals surface area (Å²) in [6, 6.07) is 3.24. The first-order valence-corrected chi connectivity index (χ1v) is 7.98. The lowest BCUT2D eigenvalue weighted by Gasteiger charge is -2.24. The number of fused-ring (bicyclic) bond motifs is 1. The maximum Gasteiger partial charge on any atom is 0.250 e. The van der Waals surface area contributed by atoms with Gasteiger partial charge >= 0.3 is 0 Å². The summed E-state index contributed by atoms with van der Waals surface area (Å²) in [5.41, 5.74) is 1.71. The standard InChI is InChI=1S/C15H20BrNO2/c1-10(2)11(8-16)9-17-13-4-3-5-14(18)12(13)6-7-15(17)19/h6-7,10-11H,3-5,8-9H2,1-2H3. The van der Waals surface area contributed by atoms with Crippen LogP contribution >= 0.6 is 15.9 Å². The minimum atomic E-state index is 0.0139. The number of carbonyl (C=O) groups excluding carboxylic acids is 1. The van der Waals surface area contributed by atoms with Crippen LogP contribution in [-0.4, -0.2) is 15.7 Å². The molecule has 0 saturated carbocycles. The molecule has 0 radical (unpaired) electrons. The number of ketones is 1. The molecule has 4 heteroatoms. The molecule has 0 amide bonds. The number of alkyl halides is 1. The van der Waals surface area contributed by atoms with Gasteiger partial charge in [0.2, 0.25) is 0 Å². The maximum atomic E-state index is 12.1. The molecule has 0 fully saturated rings. The lowest BCUT2D eigenvalue weighted by molar-refractivity contribution is 0.0970. The molecule has 3 nitrogen and oxygen atoms in total. The zero-order valence-corrected chi connectivity index (χ0v) is 13.1. The monoisotopic (exact) mass is 325 g/mol. The highest BCUT2D eigenvalue weighted by molar-refractivity contribution is 9.09. The third kappa shape index (κ3) is 2.99. The van der Waals surface area contributed by atoms with Crippen molar-refractivity contribution >= 4 is 21.7 Å². The minimum absolute atomic E-state index is 0.0139. The van der Waals surface area contributed by atoms with Gasteiger partial charge < -0.3 is 4.57 Å². The molecule has 0 bridgehead atoms. The Morgan fingerprint density at radius 1 is 1.26 bits per heavy atom. The van der Waals surface area contributed by atoms with Crippen molar-refractivity contribution in [3.63, 3.8) is 0 Å². The van der Waals surface area contributed by atoms with Gasteiger partial charge in [0.15, 0.2) is 5.78 Å². The van der Waals surface area contributed by atoms with E-state index in [0.29, 0.717) is 24.8 Å². The Balaban J connectivity index is 2.42. The second-order valence-corrected chi connectivity index (χ2v) is 6.23. The Bertz CT molecular complexity index is 533. The first-order valence-electron chi connectivity index (χ1n) is 6.86. The number of Topliss-reactive ketones (excluding diaryl/α,β-unsaturated/α-hetero) is 1. The second-order valence-electron chi connectivity index (χ2n) is 5.58. The molecule has 0 spiro atoms. The van der Waals surface area contributed by atoms with Gasteiger partial charge in [-0.05, 0) is 30.7 Å². The molecule has 1 atom stereocenters. The van der Waals surface area contributed by atoms with E-state index in [2.05, 4.69) is 29.8 Å². The number of carbonyl (C=O) groups is 1. The summed E-state index contributed by atoms with van der Waals surface area (Å²) in [4.78, 5) is 24.0. The lowest BCUT2D eigenvalue weighted by atomic mass is 9.93. The van der Waals surface area contributed by atoms with Crippen LogP contribution in [0.4, 0.5) is 0 Å². The van der Waals surface area contributed by atoms with Gasteiger partial charge in [0.1, 0.15) is 0 Å². The molecule has 0 N–H and O–H groups in total. The van der Waals surface area contributed by atoms with Crippen molar-refractivity contribution in [2.45, 2.75) is 39.7 Å². The molecular weight excluding hydrogens is 306 g/mol. The largest absolute Gasteiger partial charge is 0.312 e. The summed E-state index contributed by atoms with van der Waals surface area (Å²) in [5, 5.41) is 0.870. The highest BCUT2D eigenvalue weighted by atomic mass is 79.9. The number of hydrogen-bond acceptors (Lipinski definition) is 2. The number of aromatic nitrogens is 1. The molecular formula is C15H20BrNO2. The first kappa shape index (κ1) is 14.5. The summed E-state index contributed by atoms with van der Waals surface area (Å²) < 4.78 is 1.82. The van der Waals surface area contributed by atoms with E-state index in [1.807, 2.05) is 4.57 Å². The molecule has 1 heterocycles. The number of pyridine rings is 1. The smallest absolute Gasteiger partial charge is 0.250 e. The second kappa shape index (κ2) is 6.04. The summed E-state index contributed by atoms with van der Waals surface area (Å²) in [6.45, 7) is 5.02. The summed E-state index contributed by atoms with van der Waals surface area (Å²) >= 11 is 3.52. The van der Waals surface area contributed by atoms with Crippen LogP contribution in [0.25, 0.3) is 0 Å². The van der Waals surface area contributed by atoms with Crippen LogP contribution < -0.4 is 5.56 Å². The van der Waals surface area contributed by atoms with E-state index in [-0.39, 0.29) is 11.3 Å². The van der Waals surface area contributed by atoms with Gasteiger partial charge in [0, 0.05) is 35.6 Å². The van der Waals surface area contributed by atoms with Crippen LogP contribution in [0.2, 0.25) is 0 Å². The summed E-state index contributed by atoms with van der Waals surface area (Å²) in [7, 11) is 0. The molecule has 19 heavy (non-hydrogen) atoms. The van der Waals surface area contributed by atoms with Crippen molar-refractivity contribution in [3.8, 4) is 0 Å². The van der Waals surface area contributed by atoms with E-state index in [1.54, 1.807) is 6.07 Å². The van der Waals surface area contributed by atoms with Crippen molar-refractivity contribution < 1.29 is 4.79 Å². The zero-order valence-electron chi connectivity index (χ0n) is 11.5. The quantitative estimate of drug-likeness (QED) is 0.798. The van der Waals surface area contributed by atoms with Crippen molar-refractivity contribution in [2.24, 2.45) is 11.8 Å². The molecule has 0 saturated heterocycles. The van der Waals surface area contributed by atoms with Crippen molar-refractivity contribution in [3.05, 3.63) is 33.7 Å². The maximum absolute atomic E-state index is 12.1. The SMILES string of the molecule is CC(C)C(CBr)Cn1c2c(ccc1=O)C(=O)CCC2. The lowest BCUT2D eigenvalue weighted by Crippen LogP contribution is -2.32. The van der Waals surface area contributed by atoms with E-state index in [0.717, 1.165) is 29.4 Å². The predicted molar refractivity (Wildman–Crippen MR) is 80.1 cm³/mol. The highest BCUT2D eigenvalue weighted by Crippen LogP contribution is 2.22. The fraction of sp³-hybridized carbons (Fsp3) is 0.600. The van der Waals surface area contributed by atoms with Crippen molar-refractivity contribution in [1.82, 2.24) is 4.57 Å². The molecule has 0 aromatic carbocycles. The molecule has 0 aliphatic heterocycles.